The summed E-state index contributed by atoms with van der Waals surface area (Å²) in [5.74, 6) is -1.58. The van der Waals surface area contributed by atoms with Crippen LogP contribution in [0.1, 0.15) is 60.8 Å². The van der Waals surface area contributed by atoms with Crippen LogP contribution in [-0.2, 0) is 9.59 Å². The molecule has 0 aliphatic heterocycles. The number of amides is 1. The van der Waals surface area contributed by atoms with Crippen molar-refractivity contribution in [2.45, 2.75) is 66.3 Å². The van der Waals surface area contributed by atoms with Crippen LogP contribution in [0.25, 0.3) is 0 Å². The average Bonchev–Trinajstić information content (AvgIpc) is 2.10. The number of hydrogen-bond donors (Lipinski definition) is 2. The molecule has 0 saturated carbocycles. The molecule has 0 fully saturated rings. The topological polar surface area (TPSA) is 66.4 Å². The molecule has 0 aromatic rings. The van der Waals surface area contributed by atoms with Gasteiger partial charge >= 0.3 is 5.97 Å². The fourth-order valence-corrected chi connectivity index (χ4v) is 2.17. The fourth-order valence-electron chi connectivity index (χ4n) is 2.17. The van der Waals surface area contributed by atoms with Gasteiger partial charge in [0.2, 0.25) is 5.91 Å². The molecule has 1 unspecified atom stereocenters. The third-order valence-electron chi connectivity index (χ3n) is 3.03. The van der Waals surface area contributed by atoms with E-state index in [1.807, 2.05) is 41.5 Å². The fraction of sp³-hybridized carbons (Fsp3) is 0.857. The minimum atomic E-state index is -0.923. The maximum absolute atomic E-state index is 12.2. The maximum Gasteiger partial charge on any atom is 0.304 e. The average molecular weight is 257 g/mol. The van der Waals surface area contributed by atoms with Gasteiger partial charge in [-0.25, -0.2) is 0 Å². The van der Waals surface area contributed by atoms with Gasteiger partial charge in [0.1, 0.15) is 0 Å². The molecule has 18 heavy (non-hydrogen) atoms. The highest BCUT2D eigenvalue weighted by Gasteiger charge is 2.37. The van der Waals surface area contributed by atoms with Crippen molar-refractivity contribution >= 4 is 11.9 Å². The van der Waals surface area contributed by atoms with E-state index in [1.54, 1.807) is 0 Å². The van der Waals surface area contributed by atoms with Gasteiger partial charge in [-0.15, -0.1) is 0 Å². The number of carbonyl (C=O) groups is 2. The van der Waals surface area contributed by atoms with Crippen molar-refractivity contribution < 1.29 is 14.7 Å². The van der Waals surface area contributed by atoms with Crippen LogP contribution in [0, 0.1) is 11.3 Å². The van der Waals surface area contributed by atoms with Crippen molar-refractivity contribution in [3.63, 3.8) is 0 Å². The molecule has 2 N–H and O–H groups in total. The minimum Gasteiger partial charge on any atom is -0.481 e. The van der Waals surface area contributed by atoms with E-state index in [-0.39, 0.29) is 23.3 Å². The van der Waals surface area contributed by atoms with Crippen molar-refractivity contribution in [3.8, 4) is 0 Å². The van der Waals surface area contributed by atoms with Crippen LogP contribution < -0.4 is 5.32 Å². The number of carboxylic acid groups (broad SMARTS) is 1. The number of carbonyl (C=O) groups excluding carboxylic acids is 1. The van der Waals surface area contributed by atoms with Crippen LogP contribution in [0.4, 0.5) is 0 Å². The first-order valence-electron chi connectivity index (χ1n) is 6.53. The van der Waals surface area contributed by atoms with Gasteiger partial charge in [0.05, 0.1) is 12.3 Å². The first-order valence-corrected chi connectivity index (χ1v) is 6.53. The quantitative estimate of drug-likeness (QED) is 0.769. The Morgan fingerprint density at radius 3 is 2.00 bits per heavy atom. The van der Waals surface area contributed by atoms with Crippen LogP contribution in [0.5, 0.6) is 0 Å². The number of carboxylic acids is 1. The van der Waals surface area contributed by atoms with Crippen molar-refractivity contribution in [1.29, 1.82) is 0 Å². The van der Waals surface area contributed by atoms with Gasteiger partial charge < -0.3 is 10.4 Å². The molecule has 106 valence electrons. The molecule has 0 aromatic carbocycles. The predicted octanol–water partition coefficient (Wildman–Crippen LogP) is 2.82. The molecular weight excluding hydrogens is 230 g/mol. The lowest BCUT2D eigenvalue weighted by Crippen LogP contribution is -2.48. The third kappa shape index (κ3) is 6.03. The van der Waals surface area contributed by atoms with E-state index >= 15 is 0 Å². The van der Waals surface area contributed by atoms with Gasteiger partial charge in [-0.05, 0) is 32.6 Å². The number of rotatable bonds is 6. The summed E-state index contributed by atoms with van der Waals surface area (Å²) in [6.07, 6.45) is 1.66. The van der Waals surface area contributed by atoms with E-state index < -0.39 is 11.9 Å². The second-order valence-corrected chi connectivity index (χ2v) is 6.63. The molecule has 0 saturated heterocycles. The Labute approximate surface area is 110 Å². The summed E-state index contributed by atoms with van der Waals surface area (Å²) < 4.78 is 0. The standard InChI is InChI=1S/C14H27NO3/c1-7-8-14(5,6)10(9-11(16)17)12(18)15-13(2,3)4/h10H,7-9H2,1-6H3,(H,15,18)(H,16,17). The summed E-state index contributed by atoms with van der Waals surface area (Å²) in [6.45, 7) is 11.7. The van der Waals surface area contributed by atoms with Gasteiger partial charge in [-0.2, -0.15) is 0 Å². The SMILES string of the molecule is CCCC(C)(C)C(CC(=O)O)C(=O)NC(C)(C)C. The van der Waals surface area contributed by atoms with Crippen molar-refractivity contribution in [2.75, 3.05) is 0 Å². The molecule has 4 nitrogen and oxygen atoms in total. The summed E-state index contributed by atoms with van der Waals surface area (Å²) in [6, 6.07) is 0. The zero-order valence-electron chi connectivity index (χ0n) is 12.5. The van der Waals surface area contributed by atoms with E-state index in [0.29, 0.717) is 0 Å². The number of hydrogen-bond acceptors (Lipinski definition) is 2. The minimum absolute atomic E-state index is 0.116. The lowest BCUT2D eigenvalue weighted by atomic mass is 9.73. The molecule has 0 aromatic heterocycles. The molecule has 0 rings (SSSR count). The molecule has 0 radical (unpaired) electrons. The van der Waals surface area contributed by atoms with E-state index in [0.717, 1.165) is 12.8 Å². The van der Waals surface area contributed by atoms with Gasteiger partial charge in [0.15, 0.2) is 0 Å². The largest absolute Gasteiger partial charge is 0.481 e. The zero-order chi connectivity index (χ0) is 14.6. The van der Waals surface area contributed by atoms with E-state index in [4.69, 9.17) is 5.11 Å². The first kappa shape index (κ1) is 16.9. The van der Waals surface area contributed by atoms with Crippen molar-refractivity contribution in [2.24, 2.45) is 11.3 Å². The van der Waals surface area contributed by atoms with Crippen LogP contribution in [0.15, 0.2) is 0 Å². The van der Waals surface area contributed by atoms with Crippen LogP contribution in [0.2, 0.25) is 0 Å². The summed E-state index contributed by atoms with van der Waals surface area (Å²) in [5.41, 5.74) is -0.640. The summed E-state index contributed by atoms with van der Waals surface area (Å²) in [4.78, 5) is 23.2. The van der Waals surface area contributed by atoms with Gasteiger partial charge in [-0.3, -0.25) is 9.59 Å². The number of nitrogens with one attached hydrogen (secondary N) is 1. The van der Waals surface area contributed by atoms with Crippen LogP contribution in [-0.4, -0.2) is 22.5 Å². The van der Waals surface area contributed by atoms with Crippen LogP contribution in [0.3, 0.4) is 0 Å². The van der Waals surface area contributed by atoms with Gasteiger partial charge in [-0.1, -0.05) is 27.2 Å². The maximum atomic E-state index is 12.2. The Hall–Kier alpha value is -1.06. The second kappa shape index (κ2) is 6.21. The van der Waals surface area contributed by atoms with Crippen LogP contribution >= 0.6 is 0 Å². The van der Waals surface area contributed by atoms with Gasteiger partial charge in [0.25, 0.3) is 0 Å². The van der Waals surface area contributed by atoms with Crippen molar-refractivity contribution in [1.82, 2.24) is 5.32 Å². The zero-order valence-corrected chi connectivity index (χ0v) is 12.5. The summed E-state index contributed by atoms with van der Waals surface area (Å²) >= 11 is 0. The van der Waals surface area contributed by atoms with E-state index in [9.17, 15) is 9.59 Å². The molecule has 1 atom stereocenters. The Bertz CT molecular complexity index is 303. The lowest BCUT2D eigenvalue weighted by Gasteiger charge is -2.34. The highest BCUT2D eigenvalue weighted by Crippen LogP contribution is 2.34. The molecule has 0 aliphatic carbocycles. The van der Waals surface area contributed by atoms with Gasteiger partial charge in [0, 0.05) is 5.54 Å². The molecule has 0 heterocycles. The highest BCUT2D eigenvalue weighted by molar-refractivity contribution is 5.84. The summed E-state index contributed by atoms with van der Waals surface area (Å²) in [5, 5.41) is 11.9. The predicted molar refractivity (Wildman–Crippen MR) is 72.3 cm³/mol. The third-order valence-corrected chi connectivity index (χ3v) is 3.03. The van der Waals surface area contributed by atoms with E-state index in [2.05, 4.69) is 5.32 Å². The van der Waals surface area contributed by atoms with E-state index in [1.165, 1.54) is 0 Å². The summed E-state index contributed by atoms with van der Waals surface area (Å²) in [7, 11) is 0. The molecule has 0 aliphatic rings. The van der Waals surface area contributed by atoms with Crippen molar-refractivity contribution in [3.05, 3.63) is 0 Å². The first-order chi connectivity index (χ1) is 7.99. The molecule has 0 spiro atoms. The Kier molecular flexibility index (Phi) is 5.84. The highest BCUT2D eigenvalue weighted by atomic mass is 16.4. The normalized spacial score (nSPS) is 14.1. The molecule has 0 bridgehead atoms. The Morgan fingerprint density at radius 2 is 1.67 bits per heavy atom. The smallest absolute Gasteiger partial charge is 0.304 e. The molecule has 1 amide bonds. The molecule has 4 heteroatoms. The Morgan fingerprint density at radius 1 is 1.17 bits per heavy atom. The monoisotopic (exact) mass is 257 g/mol. The molecular formula is C14H27NO3. The Balaban J connectivity index is 4.99. The number of aliphatic carboxylic acids is 1. The lowest BCUT2D eigenvalue weighted by molar-refractivity contribution is -0.144. The second-order valence-electron chi connectivity index (χ2n) is 6.63.